The Kier molecular flexibility index (Phi) is 4.34. The van der Waals surface area contributed by atoms with Crippen molar-refractivity contribution in [1.82, 2.24) is 5.32 Å². The lowest BCUT2D eigenvalue weighted by atomic mass is 10.2. The topological polar surface area (TPSA) is 66.4 Å². The van der Waals surface area contributed by atoms with E-state index < -0.39 is 5.97 Å². The third-order valence-electron chi connectivity index (χ3n) is 2.87. The largest absolute Gasteiger partial charge is 0.481 e. The molecular formula is C14H14FNO3S. The summed E-state index contributed by atoms with van der Waals surface area (Å²) in [6.07, 6.45) is 0.389. The van der Waals surface area contributed by atoms with Gasteiger partial charge in [0, 0.05) is 17.2 Å². The summed E-state index contributed by atoms with van der Waals surface area (Å²) < 4.78 is 13.9. The van der Waals surface area contributed by atoms with Crippen LogP contribution in [0.3, 0.4) is 0 Å². The molecule has 0 saturated carbocycles. The van der Waals surface area contributed by atoms with Gasteiger partial charge in [0.25, 0.3) is 5.91 Å². The number of halogens is 1. The fraction of sp³-hybridized carbons (Fsp3) is 0.286. The molecule has 1 amide bonds. The zero-order valence-electron chi connectivity index (χ0n) is 10.9. The molecule has 1 atom stereocenters. The Hall–Kier alpha value is -1.95. The molecule has 1 aromatic carbocycles. The van der Waals surface area contributed by atoms with Gasteiger partial charge in [-0.25, -0.2) is 4.39 Å². The number of hydrogen-bond acceptors (Lipinski definition) is 3. The normalized spacial score (nSPS) is 12.3. The van der Waals surface area contributed by atoms with Crippen LogP contribution in [0.5, 0.6) is 0 Å². The number of thiophene rings is 1. The first-order chi connectivity index (χ1) is 9.45. The van der Waals surface area contributed by atoms with Crippen LogP contribution in [0.4, 0.5) is 4.39 Å². The van der Waals surface area contributed by atoms with Gasteiger partial charge >= 0.3 is 5.97 Å². The average Bonchev–Trinajstić information content (AvgIpc) is 2.79. The van der Waals surface area contributed by atoms with Crippen molar-refractivity contribution in [2.45, 2.75) is 25.8 Å². The number of hydrogen-bond donors (Lipinski definition) is 2. The molecule has 0 aliphatic rings. The molecule has 1 aromatic heterocycles. The molecule has 0 aliphatic carbocycles. The van der Waals surface area contributed by atoms with Crippen LogP contribution in [0.15, 0.2) is 24.3 Å². The van der Waals surface area contributed by atoms with E-state index in [0.29, 0.717) is 16.7 Å². The second-order valence-corrected chi connectivity index (χ2v) is 5.68. The first-order valence-electron chi connectivity index (χ1n) is 6.17. The van der Waals surface area contributed by atoms with E-state index in [1.165, 1.54) is 23.5 Å². The smallest absolute Gasteiger partial charge is 0.303 e. The summed E-state index contributed by atoms with van der Waals surface area (Å²) in [4.78, 5) is 23.0. The standard InChI is InChI=1S/C14H14FNO3S/c1-8(2-5-13(17)18)16-14(19)12-7-9-6-10(15)3-4-11(9)20-12/h3-4,6-8H,2,5H2,1H3,(H,16,19)(H,17,18). The SMILES string of the molecule is CC(CCC(=O)O)NC(=O)c1cc2cc(F)ccc2s1. The van der Waals surface area contributed by atoms with Crippen molar-refractivity contribution in [2.24, 2.45) is 0 Å². The molecule has 0 spiro atoms. The minimum Gasteiger partial charge on any atom is -0.481 e. The van der Waals surface area contributed by atoms with Crippen molar-refractivity contribution in [1.29, 1.82) is 0 Å². The van der Waals surface area contributed by atoms with Crippen molar-refractivity contribution in [3.05, 3.63) is 35.0 Å². The Morgan fingerprint density at radius 2 is 2.15 bits per heavy atom. The minimum absolute atomic E-state index is 0.0130. The number of amides is 1. The highest BCUT2D eigenvalue weighted by Crippen LogP contribution is 2.26. The number of benzene rings is 1. The van der Waals surface area contributed by atoms with Crippen molar-refractivity contribution in [2.75, 3.05) is 0 Å². The van der Waals surface area contributed by atoms with Crippen LogP contribution in [0, 0.1) is 5.82 Å². The first kappa shape index (κ1) is 14.5. The highest BCUT2D eigenvalue weighted by Gasteiger charge is 2.14. The summed E-state index contributed by atoms with van der Waals surface area (Å²) >= 11 is 1.29. The second-order valence-electron chi connectivity index (χ2n) is 4.60. The van der Waals surface area contributed by atoms with E-state index in [0.717, 1.165) is 4.70 Å². The zero-order chi connectivity index (χ0) is 14.7. The molecule has 0 bridgehead atoms. The second kappa shape index (κ2) is 6.00. The number of carboxylic acid groups (broad SMARTS) is 1. The van der Waals surface area contributed by atoms with E-state index in [1.54, 1.807) is 19.1 Å². The lowest BCUT2D eigenvalue weighted by Crippen LogP contribution is -2.32. The van der Waals surface area contributed by atoms with E-state index in [-0.39, 0.29) is 24.2 Å². The number of rotatable bonds is 5. The summed E-state index contributed by atoms with van der Waals surface area (Å²) in [6.45, 7) is 1.76. The fourth-order valence-electron chi connectivity index (χ4n) is 1.83. The Morgan fingerprint density at radius 3 is 2.85 bits per heavy atom. The Morgan fingerprint density at radius 1 is 1.40 bits per heavy atom. The first-order valence-corrected chi connectivity index (χ1v) is 6.99. The van der Waals surface area contributed by atoms with Crippen LogP contribution in [-0.2, 0) is 4.79 Å². The quantitative estimate of drug-likeness (QED) is 0.891. The molecule has 106 valence electrons. The number of carbonyl (C=O) groups excluding carboxylic acids is 1. The highest BCUT2D eigenvalue weighted by atomic mass is 32.1. The molecule has 20 heavy (non-hydrogen) atoms. The molecule has 2 N–H and O–H groups in total. The van der Waals surface area contributed by atoms with Crippen LogP contribution in [0.1, 0.15) is 29.4 Å². The Labute approximate surface area is 119 Å². The molecule has 0 aliphatic heterocycles. The molecule has 1 heterocycles. The van der Waals surface area contributed by atoms with Gasteiger partial charge in [0.2, 0.25) is 0 Å². The molecule has 6 heteroatoms. The van der Waals surface area contributed by atoms with Crippen molar-refractivity contribution < 1.29 is 19.1 Å². The van der Waals surface area contributed by atoms with Gasteiger partial charge in [-0.3, -0.25) is 9.59 Å². The van der Waals surface area contributed by atoms with Crippen LogP contribution < -0.4 is 5.32 Å². The number of fused-ring (bicyclic) bond motifs is 1. The van der Waals surface area contributed by atoms with Crippen molar-refractivity contribution >= 4 is 33.3 Å². The van der Waals surface area contributed by atoms with E-state index in [9.17, 15) is 14.0 Å². The third kappa shape index (κ3) is 3.54. The van der Waals surface area contributed by atoms with Crippen LogP contribution in [0.25, 0.3) is 10.1 Å². The predicted octanol–water partition coefficient (Wildman–Crippen LogP) is 3.02. The van der Waals surface area contributed by atoms with Gasteiger partial charge in [0.05, 0.1) is 4.88 Å². The molecule has 1 unspecified atom stereocenters. The molecule has 0 fully saturated rings. The monoisotopic (exact) mass is 295 g/mol. The van der Waals surface area contributed by atoms with E-state index >= 15 is 0 Å². The van der Waals surface area contributed by atoms with Gasteiger partial charge in [-0.15, -0.1) is 11.3 Å². The lowest BCUT2D eigenvalue weighted by Gasteiger charge is -2.11. The summed E-state index contributed by atoms with van der Waals surface area (Å²) in [6, 6.07) is 5.80. The summed E-state index contributed by atoms with van der Waals surface area (Å²) in [7, 11) is 0. The number of carbonyl (C=O) groups is 2. The van der Waals surface area contributed by atoms with Gasteiger partial charge in [-0.1, -0.05) is 0 Å². The van der Waals surface area contributed by atoms with E-state index in [4.69, 9.17) is 5.11 Å². The number of carboxylic acids is 1. The van der Waals surface area contributed by atoms with Gasteiger partial charge in [0.1, 0.15) is 5.82 Å². The zero-order valence-corrected chi connectivity index (χ0v) is 11.7. The third-order valence-corrected chi connectivity index (χ3v) is 3.99. The van der Waals surface area contributed by atoms with Crippen LogP contribution >= 0.6 is 11.3 Å². The highest BCUT2D eigenvalue weighted by molar-refractivity contribution is 7.20. The molecule has 2 rings (SSSR count). The van der Waals surface area contributed by atoms with E-state index in [2.05, 4.69) is 5.32 Å². The fourth-order valence-corrected chi connectivity index (χ4v) is 2.78. The van der Waals surface area contributed by atoms with E-state index in [1.807, 2.05) is 0 Å². The van der Waals surface area contributed by atoms with Gasteiger partial charge in [-0.2, -0.15) is 0 Å². The Balaban J connectivity index is 2.05. The maximum absolute atomic E-state index is 13.1. The maximum Gasteiger partial charge on any atom is 0.303 e. The summed E-state index contributed by atoms with van der Waals surface area (Å²) in [5, 5.41) is 12.0. The number of aliphatic carboxylic acids is 1. The van der Waals surface area contributed by atoms with Gasteiger partial charge in [-0.05, 0) is 43.0 Å². The average molecular weight is 295 g/mol. The van der Waals surface area contributed by atoms with Gasteiger partial charge in [0.15, 0.2) is 0 Å². The minimum atomic E-state index is -0.886. The van der Waals surface area contributed by atoms with Crippen molar-refractivity contribution in [3.63, 3.8) is 0 Å². The van der Waals surface area contributed by atoms with Crippen LogP contribution in [-0.4, -0.2) is 23.0 Å². The molecule has 2 aromatic rings. The number of nitrogens with one attached hydrogen (secondary N) is 1. The molecule has 4 nitrogen and oxygen atoms in total. The molecule has 0 saturated heterocycles. The molecular weight excluding hydrogens is 281 g/mol. The summed E-state index contributed by atoms with van der Waals surface area (Å²) in [5.74, 6) is -1.48. The van der Waals surface area contributed by atoms with Crippen molar-refractivity contribution in [3.8, 4) is 0 Å². The van der Waals surface area contributed by atoms with Crippen LogP contribution in [0.2, 0.25) is 0 Å². The Bertz CT molecular complexity index is 653. The lowest BCUT2D eigenvalue weighted by molar-refractivity contribution is -0.137. The maximum atomic E-state index is 13.1. The summed E-state index contributed by atoms with van der Waals surface area (Å²) in [5.41, 5.74) is 0. The molecule has 0 radical (unpaired) electrons. The van der Waals surface area contributed by atoms with Gasteiger partial charge < -0.3 is 10.4 Å². The predicted molar refractivity (Wildman–Crippen MR) is 75.6 cm³/mol.